The van der Waals surface area contributed by atoms with E-state index in [1.807, 2.05) is 18.2 Å². The number of benzene rings is 1. The molecule has 0 saturated heterocycles. The lowest BCUT2D eigenvalue weighted by Gasteiger charge is -2.37. The molecule has 0 spiro atoms. The molecule has 1 aromatic carbocycles. The molecule has 3 aromatic rings. The molecule has 1 fully saturated rings. The van der Waals surface area contributed by atoms with E-state index < -0.39 is 5.60 Å². The van der Waals surface area contributed by atoms with Crippen LogP contribution in [-0.4, -0.2) is 25.2 Å². The molecule has 5 nitrogen and oxygen atoms in total. The van der Waals surface area contributed by atoms with Crippen molar-refractivity contribution < 1.29 is 5.11 Å². The molecule has 1 saturated carbocycles. The van der Waals surface area contributed by atoms with E-state index in [9.17, 15) is 5.11 Å². The van der Waals surface area contributed by atoms with Gasteiger partial charge in [-0.3, -0.25) is 0 Å². The maximum absolute atomic E-state index is 10.7. The fraction of sp³-hybridized carbons (Fsp3) is 0.474. The van der Waals surface area contributed by atoms with Crippen LogP contribution >= 0.6 is 0 Å². The van der Waals surface area contributed by atoms with Crippen LogP contribution in [0.25, 0.3) is 21.9 Å². The molecule has 0 unspecified atom stereocenters. The van der Waals surface area contributed by atoms with E-state index in [4.69, 9.17) is 10.7 Å². The number of anilines is 1. The van der Waals surface area contributed by atoms with Crippen molar-refractivity contribution in [3.05, 3.63) is 30.1 Å². The standard InChI is InChI=1S/C19H24N4O/c1-2-3-9-15-22-16-17(23(15)12-19(24)10-6-11-19)13-7-4-5-8-14(13)21-18(16)20/h4-5,7-8,24H,2-3,6,9-12H2,1H3,(H2,20,21). The van der Waals surface area contributed by atoms with Crippen molar-refractivity contribution in [2.24, 2.45) is 0 Å². The van der Waals surface area contributed by atoms with Crippen molar-refractivity contribution in [2.75, 3.05) is 5.73 Å². The van der Waals surface area contributed by atoms with Crippen LogP contribution in [0.2, 0.25) is 0 Å². The van der Waals surface area contributed by atoms with Gasteiger partial charge in [0.15, 0.2) is 5.82 Å². The van der Waals surface area contributed by atoms with Gasteiger partial charge < -0.3 is 15.4 Å². The second kappa shape index (κ2) is 5.74. The highest BCUT2D eigenvalue weighted by molar-refractivity contribution is 6.06. The van der Waals surface area contributed by atoms with E-state index >= 15 is 0 Å². The first-order chi connectivity index (χ1) is 11.6. The van der Waals surface area contributed by atoms with E-state index in [-0.39, 0.29) is 0 Å². The number of nitrogens with two attached hydrogens (primary N) is 1. The quantitative estimate of drug-likeness (QED) is 0.754. The monoisotopic (exact) mass is 324 g/mol. The lowest BCUT2D eigenvalue weighted by molar-refractivity contribution is -0.0469. The number of nitrogen functional groups attached to an aromatic ring is 1. The Morgan fingerprint density at radius 2 is 2.04 bits per heavy atom. The molecule has 1 aliphatic rings. The minimum atomic E-state index is -0.603. The molecular weight excluding hydrogens is 300 g/mol. The van der Waals surface area contributed by atoms with Crippen LogP contribution < -0.4 is 5.73 Å². The van der Waals surface area contributed by atoms with Crippen LogP contribution in [0.3, 0.4) is 0 Å². The molecule has 0 amide bonds. The van der Waals surface area contributed by atoms with Gasteiger partial charge in [-0.15, -0.1) is 0 Å². The van der Waals surface area contributed by atoms with E-state index in [1.54, 1.807) is 0 Å². The largest absolute Gasteiger partial charge is 0.388 e. The van der Waals surface area contributed by atoms with Crippen molar-refractivity contribution in [3.63, 3.8) is 0 Å². The number of para-hydroxylation sites is 1. The summed E-state index contributed by atoms with van der Waals surface area (Å²) in [4.78, 5) is 9.32. The van der Waals surface area contributed by atoms with Crippen molar-refractivity contribution in [1.82, 2.24) is 14.5 Å². The van der Waals surface area contributed by atoms with Crippen LogP contribution in [0.1, 0.15) is 44.9 Å². The smallest absolute Gasteiger partial charge is 0.152 e. The third kappa shape index (κ3) is 2.44. The number of hydrogen-bond donors (Lipinski definition) is 2. The molecule has 0 atom stereocenters. The minimum absolute atomic E-state index is 0.473. The van der Waals surface area contributed by atoms with Gasteiger partial charge in [0.2, 0.25) is 0 Å². The Hall–Kier alpha value is -2.14. The summed E-state index contributed by atoms with van der Waals surface area (Å²) in [5, 5.41) is 11.8. The summed E-state index contributed by atoms with van der Waals surface area (Å²) in [5.41, 5.74) is 8.26. The maximum atomic E-state index is 10.7. The SMILES string of the molecule is CCCCc1nc2c(N)nc3ccccc3c2n1CC1(O)CCC1. The number of unbranched alkanes of at least 4 members (excludes halogenated alkanes) is 1. The average molecular weight is 324 g/mol. The third-order valence-electron chi connectivity index (χ3n) is 5.18. The summed E-state index contributed by atoms with van der Waals surface area (Å²) < 4.78 is 2.20. The lowest BCUT2D eigenvalue weighted by atomic mass is 9.80. The van der Waals surface area contributed by atoms with Crippen molar-refractivity contribution in [1.29, 1.82) is 0 Å². The summed E-state index contributed by atoms with van der Waals surface area (Å²) in [5.74, 6) is 1.48. The van der Waals surface area contributed by atoms with Gasteiger partial charge in [0.25, 0.3) is 0 Å². The number of aliphatic hydroxyl groups is 1. The first-order valence-corrected chi connectivity index (χ1v) is 8.87. The normalized spacial score (nSPS) is 16.6. The van der Waals surface area contributed by atoms with Gasteiger partial charge in [0.1, 0.15) is 11.3 Å². The highest BCUT2D eigenvalue weighted by Crippen LogP contribution is 2.36. The molecule has 5 heteroatoms. The van der Waals surface area contributed by atoms with Gasteiger partial charge in [0, 0.05) is 11.8 Å². The van der Waals surface area contributed by atoms with Crippen molar-refractivity contribution in [2.45, 2.75) is 57.6 Å². The summed E-state index contributed by atoms with van der Waals surface area (Å²) in [6.07, 6.45) is 5.90. The first-order valence-electron chi connectivity index (χ1n) is 8.87. The zero-order chi connectivity index (χ0) is 16.7. The van der Waals surface area contributed by atoms with Gasteiger partial charge in [-0.25, -0.2) is 9.97 Å². The number of rotatable bonds is 5. The zero-order valence-electron chi connectivity index (χ0n) is 14.1. The Bertz CT molecular complexity index is 895. The predicted molar refractivity (Wildman–Crippen MR) is 96.9 cm³/mol. The molecule has 3 N–H and O–H groups in total. The highest BCUT2D eigenvalue weighted by Gasteiger charge is 2.36. The molecular formula is C19H24N4O. The van der Waals surface area contributed by atoms with E-state index in [0.29, 0.717) is 12.4 Å². The Morgan fingerprint density at radius 1 is 1.25 bits per heavy atom. The Kier molecular flexibility index (Phi) is 3.68. The van der Waals surface area contributed by atoms with Crippen LogP contribution in [-0.2, 0) is 13.0 Å². The molecule has 1 aliphatic carbocycles. The van der Waals surface area contributed by atoms with Gasteiger partial charge in [0.05, 0.1) is 23.2 Å². The predicted octanol–water partition coefficient (Wildman–Crippen LogP) is 3.42. The number of aromatic nitrogens is 3. The fourth-order valence-electron chi connectivity index (χ4n) is 3.64. The van der Waals surface area contributed by atoms with Crippen LogP contribution in [0.4, 0.5) is 5.82 Å². The lowest BCUT2D eigenvalue weighted by Crippen LogP contribution is -2.41. The molecule has 126 valence electrons. The van der Waals surface area contributed by atoms with Crippen LogP contribution in [0.15, 0.2) is 24.3 Å². The molecule has 0 aliphatic heterocycles. The minimum Gasteiger partial charge on any atom is -0.388 e. The summed E-state index contributed by atoms with van der Waals surface area (Å²) >= 11 is 0. The van der Waals surface area contributed by atoms with Crippen molar-refractivity contribution >= 4 is 27.8 Å². The van der Waals surface area contributed by atoms with Crippen LogP contribution in [0, 0.1) is 0 Å². The summed E-state index contributed by atoms with van der Waals surface area (Å²) in [6, 6.07) is 8.03. The number of fused-ring (bicyclic) bond motifs is 3. The third-order valence-corrected chi connectivity index (χ3v) is 5.18. The van der Waals surface area contributed by atoms with Crippen molar-refractivity contribution in [3.8, 4) is 0 Å². The number of nitrogens with zero attached hydrogens (tertiary/aromatic N) is 3. The number of hydrogen-bond acceptors (Lipinski definition) is 4. The number of imidazole rings is 1. The van der Waals surface area contributed by atoms with Crippen LogP contribution in [0.5, 0.6) is 0 Å². The molecule has 0 radical (unpaired) electrons. The molecule has 0 bridgehead atoms. The zero-order valence-corrected chi connectivity index (χ0v) is 14.1. The average Bonchev–Trinajstić information content (AvgIpc) is 2.91. The second-order valence-corrected chi connectivity index (χ2v) is 7.01. The first kappa shape index (κ1) is 15.4. The van der Waals surface area contributed by atoms with E-state index in [0.717, 1.165) is 66.3 Å². The Morgan fingerprint density at radius 3 is 2.75 bits per heavy atom. The highest BCUT2D eigenvalue weighted by atomic mass is 16.3. The van der Waals surface area contributed by atoms with Gasteiger partial charge in [-0.1, -0.05) is 31.5 Å². The molecule has 4 rings (SSSR count). The van der Waals surface area contributed by atoms with E-state index in [2.05, 4.69) is 22.5 Å². The maximum Gasteiger partial charge on any atom is 0.152 e. The fourth-order valence-corrected chi connectivity index (χ4v) is 3.64. The topological polar surface area (TPSA) is 77.0 Å². The summed E-state index contributed by atoms with van der Waals surface area (Å²) in [7, 11) is 0. The second-order valence-electron chi connectivity index (χ2n) is 7.01. The summed E-state index contributed by atoms with van der Waals surface area (Å²) in [6.45, 7) is 2.77. The van der Waals surface area contributed by atoms with Gasteiger partial charge in [-0.05, 0) is 31.7 Å². The Labute approximate surface area is 141 Å². The molecule has 2 heterocycles. The Balaban J connectivity index is 1.96. The number of pyridine rings is 1. The van der Waals surface area contributed by atoms with E-state index in [1.165, 1.54) is 0 Å². The van der Waals surface area contributed by atoms with Gasteiger partial charge >= 0.3 is 0 Å². The molecule has 2 aromatic heterocycles. The molecule has 24 heavy (non-hydrogen) atoms. The number of aryl methyl sites for hydroxylation is 1. The van der Waals surface area contributed by atoms with Gasteiger partial charge in [-0.2, -0.15) is 0 Å².